The third-order valence-corrected chi connectivity index (χ3v) is 4.73. The highest BCUT2D eigenvalue weighted by Crippen LogP contribution is 2.32. The molecule has 0 radical (unpaired) electrons. The van der Waals surface area contributed by atoms with Gasteiger partial charge in [0.25, 0.3) is 0 Å². The normalized spacial score (nSPS) is 11.2. The van der Waals surface area contributed by atoms with Gasteiger partial charge < -0.3 is 0 Å². The summed E-state index contributed by atoms with van der Waals surface area (Å²) in [6.07, 6.45) is 0. The van der Waals surface area contributed by atoms with Crippen molar-refractivity contribution in [1.29, 1.82) is 0 Å². The quantitative estimate of drug-likeness (QED) is 0.548. The maximum absolute atomic E-state index is 6.31. The van der Waals surface area contributed by atoms with E-state index in [9.17, 15) is 0 Å². The van der Waals surface area contributed by atoms with Crippen molar-refractivity contribution in [3.05, 3.63) is 44.3 Å². The van der Waals surface area contributed by atoms with Crippen molar-refractivity contribution < 1.29 is 0 Å². The van der Waals surface area contributed by atoms with E-state index in [1.54, 1.807) is 11.3 Å². The van der Waals surface area contributed by atoms with Gasteiger partial charge in [-0.3, -0.25) is 0 Å². The van der Waals surface area contributed by atoms with Crippen molar-refractivity contribution >= 4 is 49.8 Å². The zero-order chi connectivity index (χ0) is 13.6. The van der Waals surface area contributed by atoms with Crippen molar-refractivity contribution in [2.45, 2.75) is 13.8 Å². The van der Waals surface area contributed by atoms with Crippen LogP contribution in [0.5, 0.6) is 0 Å². The lowest BCUT2D eigenvalue weighted by molar-refractivity contribution is 1.22. The van der Waals surface area contributed by atoms with E-state index in [1.807, 2.05) is 24.4 Å². The Morgan fingerprint density at radius 3 is 2.63 bits per heavy atom. The van der Waals surface area contributed by atoms with Crippen molar-refractivity contribution in [2.75, 3.05) is 0 Å². The highest BCUT2D eigenvalue weighted by Gasteiger charge is 2.12. The van der Waals surface area contributed by atoms with Crippen molar-refractivity contribution in [1.82, 2.24) is 9.97 Å². The average molecular weight is 354 g/mol. The average Bonchev–Trinajstić information content (AvgIpc) is 2.76. The van der Waals surface area contributed by atoms with Crippen LogP contribution in [0.4, 0.5) is 0 Å². The van der Waals surface area contributed by atoms with Gasteiger partial charge in [0.15, 0.2) is 5.82 Å². The summed E-state index contributed by atoms with van der Waals surface area (Å²) < 4.78 is 0.989. The Labute approximate surface area is 128 Å². The first kappa shape index (κ1) is 13.0. The van der Waals surface area contributed by atoms with Gasteiger partial charge in [0.2, 0.25) is 0 Å². The Morgan fingerprint density at radius 2 is 1.95 bits per heavy atom. The van der Waals surface area contributed by atoms with E-state index in [1.165, 1.54) is 5.56 Å². The van der Waals surface area contributed by atoms with Crippen molar-refractivity contribution in [3.63, 3.8) is 0 Å². The molecule has 0 aliphatic heterocycles. The minimum Gasteiger partial charge on any atom is -0.227 e. The highest BCUT2D eigenvalue weighted by molar-refractivity contribution is 9.10. The fourth-order valence-electron chi connectivity index (χ4n) is 2.03. The van der Waals surface area contributed by atoms with E-state index in [2.05, 4.69) is 38.9 Å². The van der Waals surface area contributed by atoms with Gasteiger partial charge in [-0.05, 0) is 48.6 Å². The molecule has 0 N–H and O–H groups in total. The molecule has 1 aromatic carbocycles. The molecule has 0 spiro atoms. The molecule has 3 rings (SSSR count). The molecule has 2 nitrogen and oxygen atoms in total. The van der Waals surface area contributed by atoms with Gasteiger partial charge in [0.05, 0.1) is 10.4 Å². The van der Waals surface area contributed by atoms with Gasteiger partial charge in [-0.15, -0.1) is 11.3 Å². The molecular weight excluding hydrogens is 344 g/mol. The van der Waals surface area contributed by atoms with Crippen LogP contribution in [0.2, 0.25) is 5.15 Å². The van der Waals surface area contributed by atoms with Crippen LogP contribution in [-0.2, 0) is 0 Å². The van der Waals surface area contributed by atoms with E-state index in [4.69, 9.17) is 11.6 Å². The number of aryl methyl sites for hydroxylation is 2. The SMILES string of the molecule is Cc1ccsc1-c1nc(Cl)c2cc(Br)cc(C)c2n1. The molecule has 0 unspecified atom stereocenters. The fourth-order valence-corrected chi connectivity index (χ4v) is 3.68. The lowest BCUT2D eigenvalue weighted by Crippen LogP contribution is -1.93. The standard InChI is InChI=1S/C14H10BrClN2S/c1-7-3-4-19-12(7)14-17-11-8(2)5-9(15)6-10(11)13(16)18-14/h3-6H,1-2H3. The Balaban J connectivity index is 2.34. The maximum atomic E-state index is 6.31. The molecule has 19 heavy (non-hydrogen) atoms. The van der Waals surface area contributed by atoms with Crippen LogP contribution in [-0.4, -0.2) is 9.97 Å². The van der Waals surface area contributed by atoms with E-state index in [-0.39, 0.29) is 0 Å². The Morgan fingerprint density at radius 1 is 1.16 bits per heavy atom. The summed E-state index contributed by atoms with van der Waals surface area (Å²) in [6.45, 7) is 4.09. The largest absolute Gasteiger partial charge is 0.227 e. The lowest BCUT2D eigenvalue weighted by Gasteiger charge is -2.07. The molecule has 3 aromatic rings. The molecule has 0 atom stereocenters. The predicted molar refractivity (Wildman–Crippen MR) is 85.0 cm³/mol. The van der Waals surface area contributed by atoms with E-state index >= 15 is 0 Å². The second-order valence-electron chi connectivity index (χ2n) is 4.39. The first-order valence-electron chi connectivity index (χ1n) is 5.74. The van der Waals surface area contributed by atoms with E-state index in [0.717, 1.165) is 25.8 Å². The first-order chi connectivity index (χ1) is 9.06. The van der Waals surface area contributed by atoms with Crippen molar-refractivity contribution in [2.24, 2.45) is 0 Å². The zero-order valence-electron chi connectivity index (χ0n) is 10.4. The number of rotatable bonds is 1. The van der Waals surface area contributed by atoms with Gasteiger partial charge in [-0.2, -0.15) is 0 Å². The number of benzene rings is 1. The maximum Gasteiger partial charge on any atom is 0.171 e. The summed E-state index contributed by atoms with van der Waals surface area (Å²) in [5, 5.41) is 3.42. The molecule has 0 aliphatic carbocycles. The molecule has 0 fully saturated rings. The molecule has 0 bridgehead atoms. The monoisotopic (exact) mass is 352 g/mol. The smallest absolute Gasteiger partial charge is 0.171 e. The first-order valence-corrected chi connectivity index (χ1v) is 7.79. The molecule has 0 saturated carbocycles. The topological polar surface area (TPSA) is 25.8 Å². The van der Waals surface area contributed by atoms with Crippen LogP contribution in [0.3, 0.4) is 0 Å². The van der Waals surface area contributed by atoms with Crippen LogP contribution in [0.15, 0.2) is 28.1 Å². The van der Waals surface area contributed by atoms with E-state index in [0.29, 0.717) is 11.0 Å². The molecule has 5 heteroatoms. The molecule has 96 valence electrons. The molecular formula is C14H10BrClN2S. The number of aromatic nitrogens is 2. The van der Waals surface area contributed by atoms with Crippen LogP contribution in [0.1, 0.15) is 11.1 Å². The zero-order valence-corrected chi connectivity index (χ0v) is 13.5. The molecule has 0 amide bonds. The third kappa shape index (κ3) is 2.29. The summed E-state index contributed by atoms with van der Waals surface area (Å²) in [5.41, 5.74) is 3.17. The predicted octanol–water partition coefficient (Wildman–Crippen LogP) is 5.39. The Hall–Kier alpha value is -0.970. The van der Waals surface area contributed by atoms with Gasteiger partial charge in [0, 0.05) is 9.86 Å². The minimum absolute atomic E-state index is 0.497. The Bertz CT molecular complexity index is 782. The van der Waals surface area contributed by atoms with Gasteiger partial charge in [0.1, 0.15) is 5.15 Å². The second-order valence-corrected chi connectivity index (χ2v) is 6.58. The Kier molecular flexibility index (Phi) is 3.33. The number of nitrogens with zero attached hydrogens (tertiary/aromatic N) is 2. The molecule has 0 aliphatic rings. The molecule has 0 saturated heterocycles. The van der Waals surface area contributed by atoms with Gasteiger partial charge >= 0.3 is 0 Å². The number of fused-ring (bicyclic) bond motifs is 1. The summed E-state index contributed by atoms with van der Waals surface area (Å²) in [7, 11) is 0. The second kappa shape index (κ2) is 4.85. The number of hydrogen-bond acceptors (Lipinski definition) is 3. The fraction of sp³-hybridized carbons (Fsp3) is 0.143. The summed E-state index contributed by atoms with van der Waals surface area (Å²) in [5.74, 6) is 0.704. The number of thiophene rings is 1. The van der Waals surface area contributed by atoms with E-state index < -0.39 is 0 Å². The van der Waals surface area contributed by atoms with Crippen molar-refractivity contribution in [3.8, 4) is 10.7 Å². The molecule has 2 aromatic heterocycles. The van der Waals surface area contributed by atoms with Crippen LogP contribution in [0, 0.1) is 13.8 Å². The molecule has 2 heterocycles. The number of halogens is 2. The number of hydrogen-bond donors (Lipinski definition) is 0. The van der Waals surface area contributed by atoms with Crippen LogP contribution in [0.25, 0.3) is 21.6 Å². The summed E-state index contributed by atoms with van der Waals surface area (Å²) >= 11 is 11.4. The van der Waals surface area contributed by atoms with Gasteiger partial charge in [-0.1, -0.05) is 27.5 Å². The summed E-state index contributed by atoms with van der Waals surface area (Å²) in [4.78, 5) is 10.2. The van der Waals surface area contributed by atoms with Crippen LogP contribution < -0.4 is 0 Å². The third-order valence-electron chi connectivity index (χ3n) is 2.97. The highest BCUT2D eigenvalue weighted by atomic mass is 79.9. The minimum atomic E-state index is 0.497. The van der Waals surface area contributed by atoms with Crippen LogP contribution >= 0.6 is 38.9 Å². The van der Waals surface area contributed by atoms with Gasteiger partial charge in [-0.25, -0.2) is 9.97 Å². The lowest BCUT2D eigenvalue weighted by atomic mass is 10.1. The summed E-state index contributed by atoms with van der Waals surface area (Å²) in [6, 6.07) is 6.06.